The Labute approximate surface area is 162 Å². The van der Waals surface area contributed by atoms with E-state index in [4.69, 9.17) is 5.73 Å². The molecule has 1 heterocycles. The number of hydrogen-bond donors (Lipinski definition) is 2. The molecular formula is C18H30Cl2FN3O. The van der Waals surface area contributed by atoms with E-state index >= 15 is 0 Å². The first-order chi connectivity index (χ1) is 11.1. The number of carbonyl (C=O) groups excluding carboxylic acids is 1. The van der Waals surface area contributed by atoms with E-state index in [0.29, 0.717) is 13.1 Å². The van der Waals surface area contributed by atoms with E-state index in [0.717, 1.165) is 44.2 Å². The molecular weight excluding hydrogens is 364 g/mol. The summed E-state index contributed by atoms with van der Waals surface area (Å²) in [6.45, 7) is 4.20. The number of amides is 1. The Kier molecular flexibility index (Phi) is 12.0. The van der Waals surface area contributed by atoms with Gasteiger partial charge in [0.25, 0.3) is 0 Å². The van der Waals surface area contributed by atoms with Gasteiger partial charge in [-0.1, -0.05) is 31.9 Å². The van der Waals surface area contributed by atoms with Crippen LogP contribution in [0.2, 0.25) is 0 Å². The Hall–Kier alpha value is -0.880. The minimum atomic E-state index is -0.230. The standard InChI is InChI=1S/C18H28FN3O.2ClH/c1-2-3-5-16(12-20)21-18(23)17-6-4-11-22(17)13-14-7-9-15(19)10-8-14;;/h7-10,16-17H,2-6,11-13,20H2,1H3,(H,21,23);2*1H. The highest BCUT2D eigenvalue weighted by Crippen LogP contribution is 2.20. The molecule has 1 aliphatic rings. The number of nitrogens with two attached hydrogens (primary N) is 1. The maximum absolute atomic E-state index is 13.0. The van der Waals surface area contributed by atoms with Crippen LogP contribution < -0.4 is 11.1 Å². The molecule has 7 heteroatoms. The maximum Gasteiger partial charge on any atom is 0.237 e. The van der Waals surface area contributed by atoms with E-state index < -0.39 is 0 Å². The third-order valence-corrected chi connectivity index (χ3v) is 4.50. The number of carbonyl (C=O) groups is 1. The number of benzene rings is 1. The molecule has 1 aromatic rings. The maximum atomic E-state index is 13.0. The molecule has 0 spiro atoms. The molecule has 1 amide bonds. The van der Waals surface area contributed by atoms with Gasteiger partial charge in [0.2, 0.25) is 5.91 Å². The van der Waals surface area contributed by atoms with Gasteiger partial charge < -0.3 is 11.1 Å². The van der Waals surface area contributed by atoms with Gasteiger partial charge in [-0.15, -0.1) is 24.8 Å². The number of nitrogens with zero attached hydrogens (tertiary/aromatic N) is 1. The summed E-state index contributed by atoms with van der Waals surface area (Å²) >= 11 is 0. The van der Waals surface area contributed by atoms with Crippen LogP contribution in [0.15, 0.2) is 24.3 Å². The van der Waals surface area contributed by atoms with E-state index in [1.807, 2.05) is 0 Å². The quantitative estimate of drug-likeness (QED) is 0.712. The monoisotopic (exact) mass is 393 g/mol. The summed E-state index contributed by atoms with van der Waals surface area (Å²) in [7, 11) is 0. The molecule has 25 heavy (non-hydrogen) atoms. The summed E-state index contributed by atoms with van der Waals surface area (Å²) in [4.78, 5) is 14.7. The Morgan fingerprint density at radius 2 is 2.04 bits per heavy atom. The molecule has 144 valence electrons. The summed E-state index contributed by atoms with van der Waals surface area (Å²) in [6, 6.07) is 6.47. The van der Waals surface area contributed by atoms with Crippen molar-refractivity contribution in [2.24, 2.45) is 5.73 Å². The topological polar surface area (TPSA) is 58.4 Å². The van der Waals surface area contributed by atoms with E-state index in [2.05, 4.69) is 17.1 Å². The third-order valence-electron chi connectivity index (χ3n) is 4.50. The van der Waals surface area contributed by atoms with Gasteiger partial charge in [-0.3, -0.25) is 9.69 Å². The third kappa shape index (κ3) is 7.48. The minimum absolute atomic E-state index is 0. The van der Waals surface area contributed by atoms with Gasteiger partial charge in [-0.2, -0.15) is 0 Å². The molecule has 2 atom stereocenters. The van der Waals surface area contributed by atoms with E-state index in [9.17, 15) is 9.18 Å². The van der Waals surface area contributed by atoms with Gasteiger partial charge in [0.1, 0.15) is 5.82 Å². The Morgan fingerprint density at radius 1 is 1.36 bits per heavy atom. The number of hydrogen-bond acceptors (Lipinski definition) is 3. The van der Waals surface area contributed by atoms with E-state index in [-0.39, 0.29) is 48.6 Å². The zero-order valence-corrected chi connectivity index (χ0v) is 16.4. The Bertz CT molecular complexity index is 502. The summed E-state index contributed by atoms with van der Waals surface area (Å²) in [6.07, 6.45) is 5.00. The zero-order valence-electron chi connectivity index (χ0n) is 14.7. The molecule has 1 aromatic carbocycles. The lowest BCUT2D eigenvalue weighted by molar-refractivity contribution is -0.126. The van der Waals surface area contributed by atoms with Crippen LogP contribution in [0, 0.1) is 5.82 Å². The second kappa shape index (κ2) is 12.5. The van der Waals surface area contributed by atoms with Crippen LogP contribution in [0.4, 0.5) is 4.39 Å². The highest BCUT2D eigenvalue weighted by molar-refractivity contribution is 5.85. The zero-order chi connectivity index (χ0) is 16.7. The normalized spacial score (nSPS) is 18.1. The predicted molar refractivity (Wildman–Crippen MR) is 105 cm³/mol. The van der Waals surface area contributed by atoms with Gasteiger partial charge in [0, 0.05) is 19.1 Å². The highest BCUT2D eigenvalue weighted by Gasteiger charge is 2.31. The van der Waals surface area contributed by atoms with Crippen molar-refractivity contribution in [2.75, 3.05) is 13.1 Å². The largest absolute Gasteiger partial charge is 0.351 e. The van der Waals surface area contributed by atoms with Crippen LogP contribution in [-0.2, 0) is 11.3 Å². The molecule has 3 N–H and O–H groups in total. The first-order valence-corrected chi connectivity index (χ1v) is 8.63. The van der Waals surface area contributed by atoms with E-state index in [1.54, 1.807) is 12.1 Å². The summed E-state index contributed by atoms with van der Waals surface area (Å²) < 4.78 is 13.0. The van der Waals surface area contributed by atoms with Crippen molar-refractivity contribution in [2.45, 2.75) is 57.7 Å². The van der Waals surface area contributed by atoms with Crippen molar-refractivity contribution in [3.8, 4) is 0 Å². The molecule has 2 rings (SSSR count). The molecule has 2 unspecified atom stereocenters. The molecule has 4 nitrogen and oxygen atoms in total. The van der Waals surface area contributed by atoms with Crippen LogP contribution in [0.5, 0.6) is 0 Å². The lowest BCUT2D eigenvalue weighted by Crippen LogP contribution is -2.48. The molecule has 0 aliphatic carbocycles. The number of unbranched alkanes of at least 4 members (excludes halogenated alkanes) is 1. The molecule has 0 saturated carbocycles. The van der Waals surface area contributed by atoms with Crippen LogP contribution in [0.25, 0.3) is 0 Å². The van der Waals surface area contributed by atoms with Gasteiger partial charge in [-0.25, -0.2) is 4.39 Å². The lowest BCUT2D eigenvalue weighted by atomic mass is 10.1. The predicted octanol–water partition coefficient (Wildman–Crippen LogP) is 3.27. The fourth-order valence-electron chi connectivity index (χ4n) is 3.13. The number of halogens is 3. The van der Waals surface area contributed by atoms with E-state index in [1.165, 1.54) is 12.1 Å². The van der Waals surface area contributed by atoms with Crippen molar-refractivity contribution in [1.82, 2.24) is 10.2 Å². The van der Waals surface area contributed by atoms with Crippen LogP contribution >= 0.6 is 24.8 Å². The highest BCUT2D eigenvalue weighted by atomic mass is 35.5. The summed E-state index contributed by atoms with van der Waals surface area (Å²) in [5, 5.41) is 3.10. The van der Waals surface area contributed by atoms with Crippen molar-refractivity contribution in [3.63, 3.8) is 0 Å². The Balaban J connectivity index is 0.00000288. The summed E-state index contributed by atoms with van der Waals surface area (Å²) in [5.41, 5.74) is 6.80. The van der Waals surface area contributed by atoms with Gasteiger partial charge in [0.15, 0.2) is 0 Å². The van der Waals surface area contributed by atoms with Crippen molar-refractivity contribution in [1.29, 1.82) is 0 Å². The van der Waals surface area contributed by atoms with Crippen LogP contribution in [0.1, 0.15) is 44.6 Å². The van der Waals surface area contributed by atoms with Gasteiger partial charge in [0.05, 0.1) is 6.04 Å². The van der Waals surface area contributed by atoms with Crippen LogP contribution in [0.3, 0.4) is 0 Å². The number of rotatable bonds is 8. The minimum Gasteiger partial charge on any atom is -0.351 e. The molecule has 0 radical (unpaired) electrons. The Morgan fingerprint density at radius 3 is 2.64 bits per heavy atom. The van der Waals surface area contributed by atoms with Crippen LogP contribution in [-0.4, -0.2) is 36.0 Å². The number of nitrogens with one attached hydrogen (secondary N) is 1. The average molecular weight is 394 g/mol. The van der Waals surface area contributed by atoms with Gasteiger partial charge in [-0.05, 0) is 43.5 Å². The number of likely N-dealkylation sites (tertiary alicyclic amines) is 1. The van der Waals surface area contributed by atoms with Crippen molar-refractivity contribution >= 4 is 30.7 Å². The molecule has 1 saturated heterocycles. The smallest absolute Gasteiger partial charge is 0.237 e. The lowest BCUT2D eigenvalue weighted by Gasteiger charge is -2.26. The fourth-order valence-corrected chi connectivity index (χ4v) is 3.13. The van der Waals surface area contributed by atoms with Crippen molar-refractivity contribution < 1.29 is 9.18 Å². The molecule has 0 bridgehead atoms. The first kappa shape index (κ1) is 24.1. The fraction of sp³-hybridized carbons (Fsp3) is 0.611. The average Bonchev–Trinajstić information content (AvgIpc) is 3.01. The molecule has 1 fully saturated rings. The SMILES string of the molecule is CCCCC(CN)NC(=O)C1CCCN1Cc1ccc(F)cc1.Cl.Cl. The summed E-state index contributed by atoms with van der Waals surface area (Å²) in [5.74, 6) is -0.151. The van der Waals surface area contributed by atoms with Gasteiger partial charge >= 0.3 is 0 Å². The molecule has 0 aromatic heterocycles. The van der Waals surface area contributed by atoms with Crippen molar-refractivity contribution in [3.05, 3.63) is 35.6 Å². The second-order valence-electron chi connectivity index (χ2n) is 6.34. The second-order valence-corrected chi connectivity index (χ2v) is 6.34. The molecule has 1 aliphatic heterocycles. The first-order valence-electron chi connectivity index (χ1n) is 8.63.